The molecule has 0 aliphatic rings. The van der Waals surface area contributed by atoms with Gasteiger partial charge in [-0.1, -0.05) is 13.8 Å². The first kappa shape index (κ1) is 16.1. The van der Waals surface area contributed by atoms with Crippen molar-refractivity contribution in [1.82, 2.24) is 4.72 Å². The van der Waals surface area contributed by atoms with Crippen LogP contribution in [0.2, 0.25) is 0 Å². The molecule has 19 heavy (non-hydrogen) atoms. The van der Waals surface area contributed by atoms with E-state index in [0.717, 1.165) is 24.3 Å². The summed E-state index contributed by atoms with van der Waals surface area (Å²) in [6.45, 7) is 4.23. The molecule has 1 aromatic carbocycles. The molecule has 0 heterocycles. The molecule has 0 saturated heterocycles. The van der Waals surface area contributed by atoms with Crippen LogP contribution in [0.25, 0.3) is 0 Å². The van der Waals surface area contributed by atoms with Crippen molar-refractivity contribution in [3.05, 3.63) is 24.3 Å². The smallest absolute Gasteiger partial charge is 0.211 e. The van der Waals surface area contributed by atoms with Crippen LogP contribution < -0.4 is 4.72 Å². The van der Waals surface area contributed by atoms with E-state index in [9.17, 15) is 20.7 Å². The first-order chi connectivity index (χ1) is 8.63. The molecule has 0 fully saturated rings. The summed E-state index contributed by atoms with van der Waals surface area (Å²) in [6, 6.07) is 3.97. The van der Waals surface area contributed by atoms with Crippen molar-refractivity contribution in [3.63, 3.8) is 0 Å². The van der Waals surface area contributed by atoms with E-state index in [1.807, 2.05) is 13.8 Å². The van der Waals surface area contributed by atoms with Gasteiger partial charge in [-0.25, -0.2) is 13.1 Å². The van der Waals surface area contributed by atoms with Crippen LogP contribution in [0, 0.1) is 5.92 Å². The normalized spacial score (nSPS) is 12.8. The maximum Gasteiger partial charge on any atom is 0.332 e. The molecule has 1 rings (SSSR count). The fraction of sp³-hybridized carbons (Fsp3) is 0.455. The number of hydrogen-bond donors (Lipinski definition) is 1. The van der Waals surface area contributed by atoms with Gasteiger partial charge in [-0.3, -0.25) is 0 Å². The van der Waals surface area contributed by atoms with Crippen molar-refractivity contribution < 1.29 is 20.7 Å². The second-order valence-corrected chi connectivity index (χ2v) is 7.60. The maximum atomic E-state index is 12.6. The number of nitrogens with one attached hydrogen (secondary N) is 1. The van der Waals surface area contributed by atoms with Gasteiger partial charge in [0.15, 0.2) is 0 Å². The third-order valence-corrected chi connectivity index (χ3v) is 4.74. The van der Waals surface area contributed by atoms with Crippen LogP contribution in [-0.2, 0) is 20.2 Å². The average Bonchev–Trinajstić information content (AvgIpc) is 2.27. The van der Waals surface area contributed by atoms with Crippen LogP contribution in [0.15, 0.2) is 34.1 Å². The van der Waals surface area contributed by atoms with Gasteiger partial charge in [-0.05, 0) is 36.6 Å². The Bertz CT molecular complexity index is 621. The second-order valence-electron chi connectivity index (χ2n) is 4.49. The Morgan fingerprint density at radius 3 is 1.95 bits per heavy atom. The summed E-state index contributed by atoms with van der Waals surface area (Å²) in [5.74, 6) is 0.363. The van der Waals surface area contributed by atoms with Gasteiger partial charge in [0.05, 0.1) is 9.79 Å². The summed E-state index contributed by atoms with van der Waals surface area (Å²) in [6.07, 6.45) is 0.691. The van der Waals surface area contributed by atoms with E-state index in [0.29, 0.717) is 18.9 Å². The van der Waals surface area contributed by atoms with Gasteiger partial charge in [-0.2, -0.15) is 8.42 Å². The van der Waals surface area contributed by atoms with E-state index < -0.39 is 25.1 Å². The summed E-state index contributed by atoms with van der Waals surface area (Å²) in [4.78, 5) is -0.655. The summed E-state index contributed by atoms with van der Waals surface area (Å²) >= 11 is 0. The zero-order chi connectivity index (χ0) is 14.7. The first-order valence-electron chi connectivity index (χ1n) is 5.67. The summed E-state index contributed by atoms with van der Waals surface area (Å²) in [7, 11) is -8.49. The Hall–Kier alpha value is -0.990. The minimum atomic E-state index is -4.81. The quantitative estimate of drug-likeness (QED) is 0.811. The van der Waals surface area contributed by atoms with Crippen molar-refractivity contribution in [3.8, 4) is 0 Å². The molecule has 0 spiro atoms. The molecule has 0 amide bonds. The number of benzene rings is 1. The molecule has 0 aliphatic carbocycles. The zero-order valence-electron chi connectivity index (χ0n) is 10.6. The van der Waals surface area contributed by atoms with Crippen LogP contribution in [0.3, 0.4) is 0 Å². The molecular formula is C11H16FNO4S2. The lowest BCUT2D eigenvalue weighted by Gasteiger charge is -2.08. The van der Waals surface area contributed by atoms with E-state index in [1.54, 1.807) is 0 Å². The SMILES string of the molecule is CC(C)CCNS(=O)(=O)c1ccc(S(=O)(=O)F)cc1. The Labute approximate surface area is 113 Å². The molecule has 0 radical (unpaired) electrons. The van der Waals surface area contributed by atoms with E-state index in [4.69, 9.17) is 0 Å². The third-order valence-electron chi connectivity index (χ3n) is 2.43. The summed E-state index contributed by atoms with van der Waals surface area (Å²) < 4.78 is 59.9. The van der Waals surface area contributed by atoms with Gasteiger partial charge < -0.3 is 0 Å². The molecule has 8 heteroatoms. The lowest BCUT2D eigenvalue weighted by molar-refractivity contribution is 0.548. The minimum absolute atomic E-state index is 0.0938. The monoisotopic (exact) mass is 309 g/mol. The lowest BCUT2D eigenvalue weighted by atomic mass is 10.1. The fourth-order valence-corrected chi connectivity index (χ4v) is 2.86. The van der Waals surface area contributed by atoms with E-state index in [-0.39, 0.29) is 4.90 Å². The Balaban J connectivity index is 2.85. The van der Waals surface area contributed by atoms with Crippen molar-refractivity contribution >= 4 is 20.2 Å². The van der Waals surface area contributed by atoms with Crippen LogP contribution >= 0.6 is 0 Å². The van der Waals surface area contributed by atoms with Crippen LogP contribution in [0.4, 0.5) is 3.89 Å². The molecule has 1 aromatic rings. The predicted octanol–water partition coefficient (Wildman–Crippen LogP) is 1.67. The largest absolute Gasteiger partial charge is 0.332 e. The number of rotatable bonds is 6. The lowest BCUT2D eigenvalue weighted by Crippen LogP contribution is -2.25. The highest BCUT2D eigenvalue weighted by Crippen LogP contribution is 2.16. The van der Waals surface area contributed by atoms with Crippen molar-refractivity contribution in [2.24, 2.45) is 5.92 Å². The van der Waals surface area contributed by atoms with Crippen LogP contribution in [0.1, 0.15) is 20.3 Å². The highest BCUT2D eigenvalue weighted by atomic mass is 32.3. The molecule has 0 atom stereocenters. The molecular weight excluding hydrogens is 293 g/mol. The van der Waals surface area contributed by atoms with E-state index >= 15 is 0 Å². The number of sulfonamides is 1. The van der Waals surface area contributed by atoms with Crippen LogP contribution in [0.5, 0.6) is 0 Å². The molecule has 0 saturated carbocycles. The zero-order valence-corrected chi connectivity index (χ0v) is 12.3. The molecule has 0 bridgehead atoms. The molecule has 5 nitrogen and oxygen atoms in total. The molecule has 108 valence electrons. The van der Waals surface area contributed by atoms with Gasteiger partial charge in [0, 0.05) is 6.54 Å². The topological polar surface area (TPSA) is 80.3 Å². The molecule has 0 unspecified atom stereocenters. The molecule has 1 N–H and O–H groups in total. The molecule has 0 aliphatic heterocycles. The summed E-state index contributed by atoms with van der Waals surface area (Å²) in [5, 5.41) is 0. The van der Waals surface area contributed by atoms with E-state index in [2.05, 4.69) is 4.72 Å². The minimum Gasteiger partial charge on any atom is -0.211 e. The van der Waals surface area contributed by atoms with Crippen molar-refractivity contribution in [1.29, 1.82) is 0 Å². The average molecular weight is 309 g/mol. The van der Waals surface area contributed by atoms with Gasteiger partial charge in [-0.15, -0.1) is 3.89 Å². The highest BCUT2D eigenvalue weighted by Gasteiger charge is 2.16. The fourth-order valence-electron chi connectivity index (χ4n) is 1.35. The van der Waals surface area contributed by atoms with Gasteiger partial charge in [0.25, 0.3) is 0 Å². The third kappa shape index (κ3) is 4.88. The Morgan fingerprint density at radius 2 is 1.53 bits per heavy atom. The second kappa shape index (κ2) is 5.98. The Kier molecular flexibility index (Phi) is 5.05. The van der Waals surface area contributed by atoms with Gasteiger partial charge in [0.2, 0.25) is 10.0 Å². The first-order valence-corrected chi connectivity index (χ1v) is 8.54. The summed E-state index contributed by atoms with van der Waals surface area (Å²) in [5.41, 5.74) is 0. The van der Waals surface area contributed by atoms with Gasteiger partial charge >= 0.3 is 10.2 Å². The van der Waals surface area contributed by atoms with Crippen molar-refractivity contribution in [2.45, 2.75) is 30.1 Å². The maximum absolute atomic E-state index is 12.6. The van der Waals surface area contributed by atoms with Crippen LogP contribution in [-0.4, -0.2) is 23.4 Å². The number of halogens is 1. The Morgan fingerprint density at radius 1 is 1.05 bits per heavy atom. The highest BCUT2D eigenvalue weighted by molar-refractivity contribution is 7.89. The van der Waals surface area contributed by atoms with Gasteiger partial charge in [0.1, 0.15) is 0 Å². The predicted molar refractivity (Wildman–Crippen MR) is 69.4 cm³/mol. The standard InChI is InChI=1S/C11H16FNO4S2/c1-9(2)7-8-13-19(16,17)11-5-3-10(4-6-11)18(12,14)15/h3-6,9,13H,7-8H2,1-2H3. The van der Waals surface area contributed by atoms with Crippen molar-refractivity contribution in [2.75, 3.05) is 6.54 Å². The van der Waals surface area contributed by atoms with E-state index in [1.165, 1.54) is 0 Å². The molecule has 0 aromatic heterocycles. The number of hydrogen-bond acceptors (Lipinski definition) is 4.